The Kier molecular flexibility index (Phi) is 5.43. The number of para-hydroxylation sites is 1. The van der Waals surface area contributed by atoms with Crippen molar-refractivity contribution in [2.45, 2.75) is 19.0 Å². The average molecular weight is 405 g/mol. The van der Waals surface area contributed by atoms with Gasteiger partial charge in [0.15, 0.2) is 0 Å². The number of ether oxygens (including phenoxy) is 1. The fraction of sp³-hybridized carbons (Fsp3) is 0.174. The van der Waals surface area contributed by atoms with E-state index in [9.17, 15) is 14.0 Å². The summed E-state index contributed by atoms with van der Waals surface area (Å²) in [7, 11) is 1.58. The third-order valence-electron chi connectivity index (χ3n) is 5.07. The van der Waals surface area contributed by atoms with E-state index in [-0.39, 0.29) is 18.2 Å². The number of anilines is 1. The zero-order valence-electron chi connectivity index (χ0n) is 16.3. The zero-order chi connectivity index (χ0) is 21.1. The normalized spacial score (nSPS) is 15.1. The number of nitrogens with zero attached hydrogens (tertiary/aromatic N) is 2. The smallest absolute Gasteiger partial charge is 0.260 e. The molecule has 2 heterocycles. The summed E-state index contributed by atoms with van der Waals surface area (Å²) in [6, 6.07) is 15.9. The fourth-order valence-electron chi connectivity index (χ4n) is 3.63. The van der Waals surface area contributed by atoms with Gasteiger partial charge in [-0.05, 0) is 42.5 Å². The predicted octanol–water partition coefficient (Wildman–Crippen LogP) is 3.64. The largest absolute Gasteiger partial charge is 0.496 e. The minimum Gasteiger partial charge on any atom is -0.496 e. The molecule has 0 radical (unpaired) electrons. The topological polar surface area (TPSA) is 71.5 Å². The summed E-state index contributed by atoms with van der Waals surface area (Å²) < 4.78 is 18.7. The van der Waals surface area contributed by atoms with Crippen LogP contribution >= 0.6 is 0 Å². The molecule has 4 rings (SSSR count). The van der Waals surface area contributed by atoms with Crippen LogP contribution in [0.3, 0.4) is 0 Å². The van der Waals surface area contributed by atoms with Gasteiger partial charge in [0, 0.05) is 24.0 Å². The van der Waals surface area contributed by atoms with Crippen molar-refractivity contribution in [3.8, 4) is 5.75 Å². The van der Waals surface area contributed by atoms with Crippen LogP contribution in [0.25, 0.3) is 0 Å². The molecule has 1 atom stereocenters. The summed E-state index contributed by atoms with van der Waals surface area (Å²) in [5.41, 5.74) is 2.36. The molecule has 1 N–H and O–H groups in total. The molecule has 0 spiro atoms. The number of rotatable bonds is 6. The molecule has 0 bridgehead atoms. The van der Waals surface area contributed by atoms with Crippen LogP contribution in [-0.2, 0) is 11.3 Å². The quantitative estimate of drug-likeness (QED) is 0.680. The number of pyridine rings is 1. The minimum atomic E-state index is -0.572. The van der Waals surface area contributed by atoms with Gasteiger partial charge < -0.3 is 10.1 Å². The van der Waals surface area contributed by atoms with E-state index in [2.05, 4.69) is 10.3 Å². The molecular weight excluding hydrogens is 385 g/mol. The predicted molar refractivity (Wildman–Crippen MR) is 110 cm³/mol. The van der Waals surface area contributed by atoms with Gasteiger partial charge in [-0.3, -0.25) is 19.5 Å². The highest BCUT2D eigenvalue weighted by Gasteiger charge is 2.39. The van der Waals surface area contributed by atoms with Crippen molar-refractivity contribution in [3.63, 3.8) is 0 Å². The molecule has 1 aliphatic heterocycles. The molecule has 30 heavy (non-hydrogen) atoms. The first kappa shape index (κ1) is 19.6. The Morgan fingerprint density at radius 2 is 1.90 bits per heavy atom. The monoisotopic (exact) mass is 405 g/mol. The summed E-state index contributed by atoms with van der Waals surface area (Å²) in [4.78, 5) is 31.6. The van der Waals surface area contributed by atoms with Crippen LogP contribution in [0.5, 0.6) is 5.75 Å². The Labute approximate surface area is 173 Å². The lowest BCUT2D eigenvalue weighted by Crippen LogP contribution is -2.33. The zero-order valence-corrected chi connectivity index (χ0v) is 16.3. The molecule has 6 nitrogen and oxygen atoms in total. The maximum atomic E-state index is 13.4. The first-order chi connectivity index (χ1) is 14.6. The maximum absolute atomic E-state index is 13.4. The van der Waals surface area contributed by atoms with E-state index >= 15 is 0 Å². The third-order valence-corrected chi connectivity index (χ3v) is 5.07. The summed E-state index contributed by atoms with van der Waals surface area (Å²) >= 11 is 0. The van der Waals surface area contributed by atoms with E-state index in [4.69, 9.17) is 4.74 Å². The number of benzene rings is 2. The van der Waals surface area contributed by atoms with E-state index in [1.54, 1.807) is 25.4 Å². The number of fused-ring (bicyclic) bond motifs is 1. The van der Waals surface area contributed by atoms with Crippen molar-refractivity contribution in [3.05, 3.63) is 89.5 Å². The molecule has 152 valence electrons. The second-order valence-corrected chi connectivity index (χ2v) is 6.90. The summed E-state index contributed by atoms with van der Waals surface area (Å²) in [5.74, 6) is -0.197. The molecule has 0 aliphatic carbocycles. The Morgan fingerprint density at radius 3 is 2.67 bits per heavy atom. The summed E-state index contributed by atoms with van der Waals surface area (Å²) in [5, 5.41) is 2.88. The van der Waals surface area contributed by atoms with Crippen molar-refractivity contribution < 1.29 is 18.7 Å². The van der Waals surface area contributed by atoms with Gasteiger partial charge in [-0.15, -0.1) is 0 Å². The molecule has 1 aromatic heterocycles. The van der Waals surface area contributed by atoms with Crippen LogP contribution in [0, 0.1) is 5.82 Å². The third kappa shape index (κ3) is 3.74. The Hall–Kier alpha value is -3.74. The Morgan fingerprint density at radius 1 is 1.13 bits per heavy atom. The number of nitrogens with one attached hydrogen (secondary N) is 1. The van der Waals surface area contributed by atoms with Crippen molar-refractivity contribution in [1.82, 2.24) is 10.3 Å². The number of carbonyl (C=O) groups excluding carboxylic acids is 2. The van der Waals surface area contributed by atoms with Crippen LogP contribution < -0.4 is 15.0 Å². The molecular formula is C23H20FN3O3. The van der Waals surface area contributed by atoms with Crippen molar-refractivity contribution in [2.24, 2.45) is 0 Å². The lowest BCUT2D eigenvalue weighted by Gasteiger charge is -2.24. The summed E-state index contributed by atoms with van der Waals surface area (Å²) in [6.07, 6.45) is 1.63. The highest BCUT2D eigenvalue weighted by Crippen LogP contribution is 2.38. The van der Waals surface area contributed by atoms with E-state index in [0.29, 0.717) is 29.2 Å². The lowest BCUT2D eigenvalue weighted by atomic mass is 10.1. The molecule has 0 saturated heterocycles. The molecule has 0 unspecified atom stereocenters. The van der Waals surface area contributed by atoms with Gasteiger partial charge in [-0.25, -0.2) is 4.39 Å². The second kappa shape index (κ2) is 8.32. The van der Waals surface area contributed by atoms with Gasteiger partial charge in [-0.2, -0.15) is 0 Å². The highest BCUT2D eigenvalue weighted by atomic mass is 19.1. The van der Waals surface area contributed by atoms with E-state index in [1.165, 1.54) is 29.2 Å². The molecule has 1 aliphatic rings. The number of halogens is 1. The lowest BCUT2D eigenvalue weighted by molar-refractivity contribution is -0.121. The highest BCUT2D eigenvalue weighted by molar-refractivity contribution is 6.11. The number of methoxy groups -OCH3 is 1. The first-order valence-corrected chi connectivity index (χ1v) is 9.51. The van der Waals surface area contributed by atoms with Gasteiger partial charge in [-0.1, -0.05) is 18.2 Å². The standard InChI is InChI=1S/C23H20FN3O3/c1-30-20-7-3-2-5-15(20)14-26-21(28)13-19-22-18(6-4-12-25-22)23(29)27(19)17-10-8-16(24)9-11-17/h2-12,19H,13-14H2,1H3,(H,26,28)/t19-/m1/s1. The van der Waals surface area contributed by atoms with Gasteiger partial charge in [0.2, 0.25) is 5.91 Å². The molecule has 3 aromatic rings. The van der Waals surface area contributed by atoms with Crippen LogP contribution in [0.1, 0.15) is 34.1 Å². The van der Waals surface area contributed by atoms with Crippen LogP contribution in [-0.4, -0.2) is 23.9 Å². The van der Waals surface area contributed by atoms with E-state index in [1.807, 2.05) is 24.3 Å². The second-order valence-electron chi connectivity index (χ2n) is 6.90. The van der Waals surface area contributed by atoms with Gasteiger partial charge in [0.1, 0.15) is 11.6 Å². The number of aromatic nitrogens is 1. The number of carbonyl (C=O) groups is 2. The number of amides is 2. The Balaban J connectivity index is 1.56. The average Bonchev–Trinajstić information content (AvgIpc) is 3.05. The molecule has 2 amide bonds. The first-order valence-electron chi connectivity index (χ1n) is 9.51. The van der Waals surface area contributed by atoms with Crippen molar-refractivity contribution >= 4 is 17.5 Å². The van der Waals surface area contributed by atoms with Gasteiger partial charge in [0.25, 0.3) is 5.91 Å². The SMILES string of the molecule is COc1ccccc1CNC(=O)C[C@@H]1c2ncccc2C(=O)N1c1ccc(F)cc1. The van der Waals surface area contributed by atoms with Gasteiger partial charge in [0.05, 0.1) is 30.8 Å². The van der Waals surface area contributed by atoms with E-state index < -0.39 is 11.9 Å². The van der Waals surface area contributed by atoms with E-state index in [0.717, 1.165) is 5.56 Å². The minimum absolute atomic E-state index is 0.0300. The Bertz CT molecular complexity index is 1090. The molecule has 2 aromatic carbocycles. The van der Waals surface area contributed by atoms with Crippen molar-refractivity contribution in [1.29, 1.82) is 0 Å². The van der Waals surface area contributed by atoms with Crippen LogP contribution in [0.2, 0.25) is 0 Å². The fourth-order valence-corrected chi connectivity index (χ4v) is 3.63. The van der Waals surface area contributed by atoms with Crippen LogP contribution in [0.4, 0.5) is 10.1 Å². The maximum Gasteiger partial charge on any atom is 0.260 e. The van der Waals surface area contributed by atoms with Crippen LogP contribution in [0.15, 0.2) is 66.9 Å². The summed E-state index contributed by atoms with van der Waals surface area (Å²) in [6.45, 7) is 0.301. The number of hydrogen-bond acceptors (Lipinski definition) is 4. The molecule has 0 fully saturated rings. The van der Waals surface area contributed by atoms with Crippen molar-refractivity contribution in [2.75, 3.05) is 12.0 Å². The number of hydrogen-bond donors (Lipinski definition) is 1. The molecule has 7 heteroatoms. The molecule has 0 saturated carbocycles. The van der Waals surface area contributed by atoms with Gasteiger partial charge >= 0.3 is 0 Å².